The van der Waals surface area contributed by atoms with Crippen LogP contribution in [0.3, 0.4) is 0 Å². The second kappa shape index (κ2) is 12.4. The number of para-hydroxylation sites is 1. The molecule has 1 N–H and O–H groups in total. The second-order valence-electron chi connectivity index (χ2n) is 14.4. The van der Waals surface area contributed by atoms with Gasteiger partial charge < -0.3 is 14.6 Å². The van der Waals surface area contributed by atoms with Crippen LogP contribution >= 0.6 is 0 Å². The molecule has 1 aliphatic carbocycles. The molecule has 11 rings (SSSR count). The summed E-state index contributed by atoms with van der Waals surface area (Å²) < 4.78 is 9.46. The molecule has 2 atom stereocenters. The van der Waals surface area contributed by atoms with E-state index in [0.29, 0.717) is 0 Å². The molecule has 54 heavy (non-hydrogen) atoms. The van der Waals surface area contributed by atoms with Gasteiger partial charge in [-0.25, -0.2) is 0 Å². The van der Waals surface area contributed by atoms with Gasteiger partial charge in [-0.15, -0.1) is 0 Å². The zero-order valence-electron chi connectivity index (χ0n) is 29.6. The number of hydrogen-bond acceptors (Lipinski definition) is 2. The van der Waals surface area contributed by atoms with Crippen molar-refractivity contribution in [3.63, 3.8) is 0 Å². The van der Waals surface area contributed by atoms with E-state index >= 15 is 0 Å². The lowest BCUT2D eigenvalue weighted by molar-refractivity contribution is 0.426. The fraction of sp³-hybridized carbons (Fsp3) is 0.0588. The second-order valence-corrected chi connectivity index (χ2v) is 14.4. The Morgan fingerprint density at radius 2 is 1.17 bits per heavy atom. The molecule has 2 aliphatic heterocycles. The Kier molecular flexibility index (Phi) is 7.06. The summed E-state index contributed by atoms with van der Waals surface area (Å²) >= 11 is 0. The van der Waals surface area contributed by atoms with Crippen molar-refractivity contribution < 1.29 is 4.74 Å². The molecule has 7 aromatic carbocycles. The molecule has 3 nitrogen and oxygen atoms in total. The molecule has 256 valence electrons. The molecule has 3 aliphatic rings. The maximum Gasteiger partial charge on any atom is 0.136 e. The Hall–Kier alpha value is -6.84. The summed E-state index contributed by atoms with van der Waals surface area (Å²) in [6, 6.07) is 61.2. The maximum absolute atomic E-state index is 7.03. The van der Waals surface area contributed by atoms with Gasteiger partial charge in [-0.3, -0.25) is 0 Å². The number of anilines is 1. The number of hydrogen-bond donors (Lipinski definition) is 1. The van der Waals surface area contributed by atoms with Gasteiger partial charge in [0.05, 0.1) is 28.7 Å². The van der Waals surface area contributed by atoms with Gasteiger partial charge in [-0.05, 0) is 93.9 Å². The molecule has 3 heteroatoms. The third kappa shape index (κ3) is 4.89. The van der Waals surface area contributed by atoms with Crippen LogP contribution in [0.25, 0.3) is 55.3 Å². The van der Waals surface area contributed by atoms with Crippen molar-refractivity contribution in [2.24, 2.45) is 0 Å². The van der Waals surface area contributed by atoms with Crippen molar-refractivity contribution in [1.82, 2.24) is 4.57 Å². The molecule has 0 bridgehead atoms. The van der Waals surface area contributed by atoms with Gasteiger partial charge in [0.2, 0.25) is 0 Å². The van der Waals surface area contributed by atoms with E-state index in [0.717, 1.165) is 29.3 Å². The highest BCUT2D eigenvalue weighted by Gasteiger charge is 2.37. The average molecular weight is 693 g/mol. The fourth-order valence-electron chi connectivity index (χ4n) is 8.87. The molecule has 8 aromatic rings. The van der Waals surface area contributed by atoms with Gasteiger partial charge in [-0.1, -0.05) is 140 Å². The number of nitrogens with one attached hydrogen (secondary N) is 1. The lowest BCUT2D eigenvalue weighted by Crippen LogP contribution is -2.15. The van der Waals surface area contributed by atoms with Gasteiger partial charge in [0.1, 0.15) is 11.5 Å². The summed E-state index contributed by atoms with van der Waals surface area (Å²) in [6.45, 7) is 0. The number of nitrogens with zero attached hydrogens (tertiary/aromatic N) is 1. The number of ether oxygens (including phenoxy) is 1. The van der Waals surface area contributed by atoms with Crippen molar-refractivity contribution >= 4 is 38.8 Å². The normalized spacial score (nSPS) is 17.1. The first-order valence-electron chi connectivity index (χ1n) is 18.8. The van der Waals surface area contributed by atoms with Crippen molar-refractivity contribution in [3.8, 4) is 28.0 Å². The van der Waals surface area contributed by atoms with Crippen molar-refractivity contribution in [3.05, 3.63) is 216 Å². The topological polar surface area (TPSA) is 26.2 Å². The van der Waals surface area contributed by atoms with Crippen LogP contribution in [0.2, 0.25) is 0 Å². The molecule has 0 saturated heterocycles. The monoisotopic (exact) mass is 692 g/mol. The maximum atomic E-state index is 7.03. The molecule has 0 saturated carbocycles. The first-order chi connectivity index (χ1) is 26.8. The highest BCUT2D eigenvalue weighted by molar-refractivity contribution is 6.13. The molecule has 0 fully saturated rings. The van der Waals surface area contributed by atoms with Crippen LogP contribution in [0.5, 0.6) is 5.75 Å². The SMILES string of the molecule is C1=CC(n2c3ccc(-c4ccccc4)cc3c3cc(-c4ccccc4)ccc32)=C2Oc3cccc(C4=CC(c5ccccc5)Nc5ccccc54)c3C2C1. The van der Waals surface area contributed by atoms with E-state index in [1.165, 1.54) is 71.9 Å². The molecule has 1 aromatic heterocycles. The molecule has 2 unspecified atom stereocenters. The van der Waals surface area contributed by atoms with Gasteiger partial charge in [0.15, 0.2) is 0 Å². The minimum Gasteiger partial charge on any atom is -0.459 e. The van der Waals surface area contributed by atoms with Gasteiger partial charge in [0.25, 0.3) is 0 Å². The van der Waals surface area contributed by atoms with E-state index in [1.807, 2.05) is 0 Å². The predicted molar refractivity (Wildman–Crippen MR) is 223 cm³/mol. The molecule has 0 amide bonds. The lowest BCUT2D eigenvalue weighted by Gasteiger charge is -2.28. The van der Waals surface area contributed by atoms with Crippen LogP contribution < -0.4 is 10.1 Å². The summed E-state index contributed by atoms with van der Waals surface area (Å²) in [5.74, 6) is 2.05. The van der Waals surface area contributed by atoms with Crippen LogP contribution in [0.4, 0.5) is 5.69 Å². The van der Waals surface area contributed by atoms with E-state index in [2.05, 4.69) is 198 Å². The average Bonchev–Trinajstić information content (AvgIpc) is 3.80. The summed E-state index contributed by atoms with van der Waals surface area (Å²) in [4.78, 5) is 0. The number of rotatable bonds is 5. The van der Waals surface area contributed by atoms with Crippen LogP contribution in [0, 0.1) is 0 Å². The van der Waals surface area contributed by atoms with E-state index in [1.54, 1.807) is 0 Å². The lowest BCUT2D eigenvalue weighted by atomic mass is 9.82. The van der Waals surface area contributed by atoms with Crippen molar-refractivity contribution in [2.75, 3.05) is 5.32 Å². The van der Waals surface area contributed by atoms with Gasteiger partial charge in [0, 0.05) is 27.6 Å². The molecular weight excluding hydrogens is 657 g/mol. The highest BCUT2D eigenvalue weighted by atomic mass is 16.5. The minimum atomic E-state index is 0.0604. The van der Waals surface area contributed by atoms with E-state index in [-0.39, 0.29) is 12.0 Å². The highest BCUT2D eigenvalue weighted by Crippen LogP contribution is 2.53. The van der Waals surface area contributed by atoms with E-state index in [9.17, 15) is 0 Å². The van der Waals surface area contributed by atoms with E-state index < -0.39 is 0 Å². The first kappa shape index (κ1) is 30.8. The standard InChI is InChI=1S/C51H36N2O/c1-4-14-33(15-5-1)36-26-28-46-42(30-36)43-31-37(34-16-6-2-7-17-34)27-29-47(43)53(46)48-24-12-22-40-50-39(21-13-25-49(50)54-51(40)48)41-32-45(35-18-8-3-9-19-35)52-44-23-11-10-20-38(41)44/h1-21,23-32,40,45,52H,22H2. The molecule has 0 spiro atoms. The zero-order chi connectivity index (χ0) is 35.6. The fourth-order valence-corrected chi connectivity index (χ4v) is 8.87. The van der Waals surface area contributed by atoms with E-state index in [4.69, 9.17) is 4.74 Å². The third-order valence-corrected chi connectivity index (χ3v) is 11.4. The Bertz CT molecular complexity index is 2750. The zero-order valence-corrected chi connectivity index (χ0v) is 29.6. The number of fused-ring (bicyclic) bond motifs is 7. The largest absolute Gasteiger partial charge is 0.459 e. The molecule has 0 radical (unpaired) electrons. The Morgan fingerprint density at radius 1 is 0.556 bits per heavy atom. The first-order valence-corrected chi connectivity index (χ1v) is 18.8. The molecular formula is C51H36N2O. The van der Waals surface area contributed by atoms with Crippen LogP contribution in [-0.4, -0.2) is 4.57 Å². The Morgan fingerprint density at radius 3 is 1.85 bits per heavy atom. The molecule has 3 heterocycles. The minimum absolute atomic E-state index is 0.0604. The smallest absolute Gasteiger partial charge is 0.136 e. The number of allylic oxidation sites excluding steroid dienone is 4. The Labute approximate surface area is 314 Å². The number of aromatic nitrogens is 1. The van der Waals surface area contributed by atoms with Crippen molar-refractivity contribution in [2.45, 2.75) is 18.4 Å². The quantitative estimate of drug-likeness (QED) is 0.194. The third-order valence-electron chi connectivity index (χ3n) is 11.4. The number of benzene rings is 7. The summed E-state index contributed by atoms with van der Waals surface area (Å²) in [6.07, 6.45) is 7.89. The van der Waals surface area contributed by atoms with Crippen molar-refractivity contribution in [1.29, 1.82) is 0 Å². The predicted octanol–water partition coefficient (Wildman–Crippen LogP) is 13.0. The van der Waals surface area contributed by atoms with Gasteiger partial charge in [-0.2, -0.15) is 0 Å². The summed E-state index contributed by atoms with van der Waals surface area (Å²) in [7, 11) is 0. The van der Waals surface area contributed by atoms with Crippen LogP contribution in [-0.2, 0) is 0 Å². The van der Waals surface area contributed by atoms with Gasteiger partial charge >= 0.3 is 0 Å². The summed E-state index contributed by atoms with van der Waals surface area (Å²) in [5.41, 5.74) is 15.6. The van der Waals surface area contributed by atoms with Crippen LogP contribution in [0.15, 0.2) is 194 Å². The Balaban J connectivity index is 1.10. The van der Waals surface area contributed by atoms with Crippen LogP contribution in [0.1, 0.15) is 40.6 Å². The summed E-state index contributed by atoms with van der Waals surface area (Å²) in [5, 5.41) is 6.25.